The van der Waals surface area contributed by atoms with Gasteiger partial charge in [0.2, 0.25) is 11.9 Å². The van der Waals surface area contributed by atoms with Crippen molar-refractivity contribution in [2.75, 3.05) is 32.1 Å². The maximum Gasteiger partial charge on any atom is 0.225 e. The van der Waals surface area contributed by atoms with E-state index in [1.807, 2.05) is 37.3 Å². The van der Waals surface area contributed by atoms with E-state index >= 15 is 0 Å². The van der Waals surface area contributed by atoms with E-state index in [4.69, 9.17) is 4.98 Å². The van der Waals surface area contributed by atoms with Gasteiger partial charge < -0.3 is 9.80 Å². The zero-order valence-corrected chi connectivity index (χ0v) is 16.2. The number of aromatic nitrogens is 3. The lowest BCUT2D eigenvalue weighted by atomic mass is 9.77. The summed E-state index contributed by atoms with van der Waals surface area (Å²) in [5.74, 6) is 1.01. The minimum Gasteiger partial charge on any atom is -0.347 e. The van der Waals surface area contributed by atoms with Crippen molar-refractivity contribution in [2.45, 2.75) is 43.9 Å². The molecule has 1 aliphatic carbocycles. The molecule has 3 heterocycles. The Labute approximate surface area is 160 Å². The van der Waals surface area contributed by atoms with Gasteiger partial charge in [0.15, 0.2) is 0 Å². The summed E-state index contributed by atoms with van der Waals surface area (Å²) in [7, 11) is 3.94. The Morgan fingerprint density at radius 3 is 2.85 bits per heavy atom. The van der Waals surface area contributed by atoms with Crippen LogP contribution in [0.2, 0.25) is 0 Å². The highest BCUT2D eigenvalue weighted by molar-refractivity contribution is 5.76. The van der Waals surface area contributed by atoms with Crippen molar-refractivity contribution in [3.8, 4) is 0 Å². The molecular formula is C21H27N5O. The van der Waals surface area contributed by atoms with Gasteiger partial charge in [-0.05, 0) is 55.4 Å². The first-order valence-electron chi connectivity index (χ1n) is 9.78. The molecular weight excluding hydrogens is 338 g/mol. The molecule has 6 heteroatoms. The highest BCUT2D eigenvalue weighted by Crippen LogP contribution is 2.44. The van der Waals surface area contributed by atoms with E-state index in [2.05, 4.69) is 14.9 Å². The SMILES string of the molecule is CN(C)c1ncc2c(n1)C1(CCCN(C(=O)CCc3ccncc3)C1)CC2. The molecule has 0 radical (unpaired) electrons. The van der Waals surface area contributed by atoms with Gasteiger partial charge in [0, 0.05) is 57.6 Å². The monoisotopic (exact) mass is 365 g/mol. The lowest BCUT2D eigenvalue weighted by Crippen LogP contribution is -2.48. The quantitative estimate of drug-likeness (QED) is 0.832. The van der Waals surface area contributed by atoms with Crippen molar-refractivity contribution in [2.24, 2.45) is 0 Å². The van der Waals surface area contributed by atoms with Crippen molar-refractivity contribution in [1.82, 2.24) is 19.9 Å². The van der Waals surface area contributed by atoms with Gasteiger partial charge in [0.1, 0.15) is 0 Å². The van der Waals surface area contributed by atoms with Crippen LogP contribution in [-0.4, -0.2) is 52.9 Å². The van der Waals surface area contributed by atoms with E-state index in [9.17, 15) is 4.79 Å². The van der Waals surface area contributed by atoms with E-state index in [1.165, 1.54) is 16.8 Å². The summed E-state index contributed by atoms with van der Waals surface area (Å²) in [5.41, 5.74) is 3.60. The van der Waals surface area contributed by atoms with Gasteiger partial charge in [0.25, 0.3) is 0 Å². The number of likely N-dealkylation sites (tertiary alicyclic amines) is 1. The summed E-state index contributed by atoms with van der Waals surface area (Å²) in [6, 6.07) is 3.97. The Morgan fingerprint density at radius 2 is 2.07 bits per heavy atom. The average Bonchev–Trinajstić information content (AvgIpc) is 3.04. The van der Waals surface area contributed by atoms with Crippen LogP contribution in [0.4, 0.5) is 5.95 Å². The maximum absolute atomic E-state index is 12.9. The number of anilines is 1. The number of hydrogen-bond donors (Lipinski definition) is 0. The third-order valence-corrected chi connectivity index (χ3v) is 5.93. The normalized spacial score (nSPS) is 21.3. The number of amides is 1. The molecule has 142 valence electrons. The second-order valence-electron chi connectivity index (χ2n) is 7.99. The largest absolute Gasteiger partial charge is 0.347 e. The third-order valence-electron chi connectivity index (χ3n) is 5.93. The molecule has 1 amide bonds. The number of nitrogens with zero attached hydrogens (tertiary/aromatic N) is 5. The molecule has 2 aliphatic rings. The van der Waals surface area contributed by atoms with E-state index in [0.717, 1.165) is 51.1 Å². The Bertz CT molecular complexity index is 819. The van der Waals surface area contributed by atoms with Gasteiger partial charge in [-0.25, -0.2) is 9.97 Å². The number of carbonyl (C=O) groups excluding carboxylic acids is 1. The summed E-state index contributed by atoms with van der Waals surface area (Å²) in [6.07, 6.45) is 11.1. The molecule has 2 aromatic heterocycles. The first kappa shape index (κ1) is 17.9. The molecule has 1 unspecified atom stereocenters. The van der Waals surface area contributed by atoms with Crippen LogP contribution in [0, 0.1) is 0 Å². The van der Waals surface area contributed by atoms with Crippen LogP contribution in [0.3, 0.4) is 0 Å². The fourth-order valence-corrected chi connectivity index (χ4v) is 4.45. The number of carbonyl (C=O) groups is 1. The van der Waals surface area contributed by atoms with Gasteiger partial charge in [-0.1, -0.05) is 0 Å². The predicted molar refractivity (Wildman–Crippen MR) is 105 cm³/mol. The third kappa shape index (κ3) is 3.53. The van der Waals surface area contributed by atoms with Gasteiger partial charge in [0.05, 0.1) is 5.69 Å². The summed E-state index contributed by atoms with van der Waals surface area (Å²) in [5, 5.41) is 0. The van der Waals surface area contributed by atoms with Crippen LogP contribution in [0.1, 0.15) is 42.5 Å². The Kier molecular flexibility index (Phi) is 4.81. The van der Waals surface area contributed by atoms with E-state index < -0.39 is 0 Å². The van der Waals surface area contributed by atoms with E-state index in [1.54, 1.807) is 12.4 Å². The van der Waals surface area contributed by atoms with Gasteiger partial charge in [-0.15, -0.1) is 0 Å². The second-order valence-corrected chi connectivity index (χ2v) is 7.99. The Morgan fingerprint density at radius 1 is 1.26 bits per heavy atom. The van der Waals surface area contributed by atoms with Gasteiger partial charge in [-0.2, -0.15) is 0 Å². The standard InChI is InChI=1S/C21H27N5O/c1-25(2)20-23-14-17-6-10-21(19(17)24-20)9-3-13-26(15-21)18(27)5-4-16-7-11-22-12-8-16/h7-8,11-12,14H,3-6,9-10,13,15H2,1-2H3. The molecule has 1 spiro atoms. The molecule has 1 fully saturated rings. The Hall–Kier alpha value is -2.50. The zero-order valence-electron chi connectivity index (χ0n) is 16.2. The first-order chi connectivity index (χ1) is 13.1. The van der Waals surface area contributed by atoms with Crippen LogP contribution in [0.5, 0.6) is 0 Å². The second kappa shape index (κ2) is 7.25. The zero-order chi connectivity index (χ0) is 18.9. The highest BCUT2D eigenvalue weighted by atomic mass is 16.2. The van der Waals surface area contributed by atoms with Crippen LogP contribution >= 0.6 is 0 Å². The average molecular weight is 365 g/mol. The number of piperidine rings is 1. The summed E-state index contributed by atoms with van der Waals surface area (Å²) in [6.45, 7) is 1.65. The van der Waals surface area contributed by atoms with Crippen molar-refractivity contribution in [1.29, 1.82) is 0 Å². The molecule has 27 heavy (non-hydrogen) atoms. The highest BCUT2D eigenvalue weighted by Gasteiger charge is 2.44. The minimum absolute atomic E-state index is 0.00755. The van der Waals surface area contributed by atoms with Crippen molar-refractivity contribution >= 4 is 11.9 Å². The fraction of sp³-hybridized carbons (Fsp3) is 0.524. The van der Waals surface area contributed by atoms with E-state index in [0.29, 0.717) is 6.42 Å². The topological polar surface area (TPSA) is 62.2 Å². The number of fused-ring (bicyclic) bond motifs is 2. The summed E-state index contributed by atoms with van der Waals surface area (Å²) < 4.78 is 0. The number of rotatable bonds is 4. The molecule has 2 aromatic rings. The molecule has 6 nitrogen and oxygen atoms in total. The molecule has 0 aromatic carbocycles. The number of hydrogen-bond acceptors (Lipinski definition) is 5. The molecule has 1 atom stereocenters. The number of pyridine rings is 1. The molecule has 1 saturated heterocycles. The fourth-order valence-electron chi connectivity index (χ4n) is 4.45. The van der Waals surface area contributed by atoms with Crippen molar-refractivity contribution < 1.29 is 4.79 Å². The van der Waals surface area contributed by atoms with Crippen molar-refractivity contribution in [3.63, 3.8) is 0 Å². The predicted octanol–water partition coefficient (Wildman–Crippen LogP) is 2.38. The maximum atomic E-state index is 12.9. The minimum atomic E-state index is 0.00755. The van der Waals surface area contributed by atoms with Crippen LogP contribution in [-0.2, 0) is 23.1 Å². The van der Waals surface area contributed by atoms with Crippen molar-refractivity contribution in [3.05, 3.63) is 47.5 Å². The van der Waals surface area contributed by atoms with Gasteiger partial charge in [-0.3, -0.25) is 9.78 Å². The van der Waals surface area contributed by atoms with E-state index in [-0.39, 0.29) is 11.3 Å². The smallest absolute Gasteiger partial charge is 0.225 e. The van der Waals surface area contributed by atoms with Gasteiger partial charge >= 0.3 is 0 Å². The van der Waals surface area contributed by atoms with Crippen LogP contribution in [0.15, 0.2) is 30.7 Å². The molecule has 4 rings (SSSR count). The first-order valence-corrected chi connectivity index (χ1v) is 9.78. The Balaban J connectivity index is 1.49. The molecule has 0 bridgehead atoms. The lowest BCUT2D eigenvalue weighted by Gasteiger charge is -2.40. The summed E-state index contributed by atoms with van der Waals surface area (Å²) in [4.78, 5) is 30.3. The molecule has 0 saturated carbocycles. The van der Waals surface area contributed by atoms with Crippen LogP contribution < -0.4 is 4.90 Å². The lowest BCUT2D eigenvalue weighted by molar-refractivity contribution is -0.133. The molecule has 0 N–H and O–H groups in total. The number of aryl methyl sites for hydroxylation is 2. The van der Waals surface area contributed by atoms with Crippen LogP contribution in [0.25, 0.3) is 0 Å². The molecule has 1 aliphatic heterocycles. The summed E-state index contributed by atoms with van der Waals surface area (Å²) >= 11 is 0.